The molecular formula is C24H27BrN2O5. The summed E-state index contributed by atoms with van der Waals surface area (Å²) in [5, 5.41) is 5.74. The first-order chi connectivity index (χ1) is 15.6. The van der Waals surface area contributed by atoms with E-state index in [0.717, 1.165) is 38.9 Å². The maximum atomic E-state index is 12.8. The summed E-state index contributed by atoms with van der Waals surface area (Å²) in [6.45, 7) is 2.46. The van der Waals surface area contributed by atoms with Gasteiger partial charge in [-0.3, -0.25) is 9.59 Å². The average Bonchev–Trinajstić information content (AvgIpc) is 3.51. The maximum absolute atomic E-state index is 12.8. The Balaban J connectivity index is 1.37. The van der Waals surface area contributed by atoms with Crippen molar-refractivity contribution in [3.8, 4) is 5.75 Å². The van der Waals surface area contributed by atoms with E-state index in [0.29, 0.717) is 40.2 Å². The molecule has 2 aliphatic heterocycles. The monoisotopic (exact) mass is 502 g/mol. The quantitative estimate of drug-likeness (QED) is 0.565. The zero-order valence-electron chi connectivity index (χ0n) is 17.8. The van der Waals surface area contributed by atoms with E-state index < -0.39 is 0 Å². The van der Waals surface area contributed by atoms with Crippen molar-refractivity contribution >= 4 is 33.4 Å². The molecular weight excluding hydrogens is 476 g/mol. The molecule has 2 aliphatic rings. The zero-order chi connectivity index (χ0) is 22.3. The molecule has 2 aromatic rings. The third-order valence-electron chi connectivity index (χ3n) is 5.58. The van der Waals surface area contributed by atoms with Gasteiger partial charge in [0.2, 0.25) is 0 Å². The lowest BCUT2D eigenvalue weighted by Gasteiger charge is -2.15. The lowest BCUT2D eigenvalue weighted by atomic mass is 10.1. The van der Waals surface area contributed by atoms with Crippen LogP contribution in [0.3, 0.4) is 0 Å². The summed E-state index contributed by atoms with van der Waals surface area (Å²) in [4.78, 5) is 25.5. The van der Waals surface area contributed by atoms with Gasteiger partial charge in [-0.2, -0.15) is 0 Å². The second-order valence-corrected chi connectivity index (χ2v) is 8.79. The van der Waals surface area contributed by atoms with Crippen molar-refractivity contribution in [1.82, 2.24) is 5.32 Å². The molecule has 2 amide bonds. The highest BCUT2D eigenvalue weighted by molar-refractivity contribution is 9.10. The molecule has 0 bridgehead atoms. The van der Waals surface area contributed by atoms with Gasteiger partial charge in [-0.15, -0.1) is 0 Å². The summed E-state index contributed by atoms with van der Waals surface area (Å²) in [7, 11) is 0. The summed E-state index contributed by atoms with van der Waals surface area (Å²) >= 11 is 3.48. The fourth-order valence-corrected chi connectivity index (χ4v) is 4.30. The lowest BCUT2D eigenvalue weighted by molar-refractivity contribution is 0.0677. The molecule has 2 atom stereocenters. The molecule has 2 heterocycles. The molecule has 2 N–H and O–H groups in total. The van der Waals surface area contributed by atoms with E-state index in [9.17, 15) is 9.59 Å². The van der Waals surface area contributed by atoms with E-state index in [-0.39, 0.29) is 24.0 Å². The van der Waals surface area contributed by atoms with Crippen molar-refractivity contribution in [3.05, 3.63) is 58.1 Å². The molecule has 8 heteroatoms. The minimum Gasteiger partial charge on any atom is -0.490 e. The van der Waals surface area contributed by atoms with Crippen molar-refractivity contribution in [2.75, 3.05) is 31.7 Å². The van der Waals surface area contributed by atoms with E-state index in [1.165, 1.54) is 0 Å². The predicted molar refractivity (Wildman–Crippen MR) is 124 cm³/mol. The average molecular weight is 503 g/mol. The van der Waals surface area contributed by atoms with E-state index in [2.05, 4.69) is 26.6 Å². The number of carbonyl (C=O) groups is 2. The SMILES string of the molecule is O=C(Nc1ccccc1C(=O)NCC1CCCO1)c1ccc(OCC2CCCO2)c(Br)c1. The number of rotatable bonds is 8. The molecule has 0 aromatic heterocycles. The molecule has 2 aromatic carbocycles. The normalized spacial score (nSPS) is 20.2. The van der Waals surface area contributed by atoms with Crippen LogP contribution in [0.4, 0.5) is 5.69 Å². The number of benzene rings is 2. The topological polar surface area (TPSA) is 85.9 Å². The van der Waals surface area contributed by atoms with Gasteiger partial charge in [-0.1, -0.05) is 12.1 Å². The van der Waals surface area contributed by atoms with E-state index in [1.807, 2.05) is 0 Å². The number of hydrogen-bond donors (Lipinski definition) is 2. The zero-order valence-corrected chi connectivity index (χ0v) is 19.4. The number of amides is 2. The van der Waals surface area contributed by atoms with Gasteiger partial charge in [-0.25, -0.2) is 0 Å². The van der Waals surface area contributed by atoms with Gasteiger partial charge in [0.15, 0.2) is 0 Å². The Morgan fingerprint density at radius 3 is 2.47 bits per heavy atom. The Morgan fingerprint density at radius 2 is 1.75 bits per heavy atom. The van der Waals surface area contributed by atoms with Crippen LogP contribution < -0.4 is 15.4 Å². The molecule has 170 valence electrons. The summed E-state index contributed by atoms with van der Waals surface area (Å²) in [5.74, 6) is 0.108. The molecule has 32 heavy (non-hydrogen) atoms. The minimum atomic E-state index is -0.309. The van der Waals surface area contributed by atoms with Crippen LogP contribution >= 0.6 is 15.9 Å². The Bertz CT molecular complexity index is 955. The molecule has 0 radical (unpaired) electrons. The highest BCUT2D eigenvalue weighted by Crippen LogP contribution is 2.28. The van der Waals surface area contributed by atoms with E-state index in [4.69, 9.17) is 14.2 Å². The van der Waals surface area contributed by atoms with Gasteiger partial charge in [-0.05, 0) is 71.9 Å². The van der Waals surface area contributed by atoms with Gasteiger partial charge in [0.05, 0.1) is 27.9 Å². The third-order valence-corrected chi connectivity index (χ3v) is 6.20. The highest BCUT2D eigenvalue weighted by atomic mass is 79.9. The van der Waals surface area contributed by atoms with Crippen LogP contribution in [0.2, 0.25) is 0 Å². The number of carbonyl (C=O) groups excluding carboxylic acids is 2. The maximum Gasteiger partial charge on any atom is 0.255 e. The van der Waals surface area contributed by atoms with Crippen LogP contribution in [0.1, 0.15) is 46.4 Å². The molecule has 0 saturated carbocycles. The number of ether oxygens (including phenoxy) is 3. The number of hydrogen-bond acceptors (Lipinski definition) is 5. The molecule has 2 unspecified atom stereocenters. The van der Waals surface area contributed by atoms with Crippen molar-refractivity contribution in [2.45, 2.75) is 37.9 Å². The molecule has 4 rings (SSSR count). The van der Waals surface area contributed by atoms with E-state index >= 15 is 0 Å². The first kappa shape index (κ1) is 22.8. The number of nitrogens with one attached hydrogen (secondary N) is 2. The van der Waals surface area contributed by atoms with Crippen LogP contribution in [0.15, 0.2) is 46.9 Å². The Labute approximate surface area is 195 Å². The lowest BCUT2D eigenvalue weighted by Crippen LogP contribution is -2.32. The molecule has 0 spiro atoms. The van der Waals surface area contributed by atoms with Crippen LogP contribution in [0.25, 0.3) is 0 Å². The summed E-state index contributed by atoms with van der Waals surface area (Å²) in [6.07, 6.45) is 4.19. The fraction of sp³-hybridized carbons (Fsp3) is 0.417. The molecule has 7 nitrogen and oxygen atoms in total. The van der Waals surface area contributed by atoms with Gasteiger partial charge in [0.25, 0.3) is 11.8 Å². The van der Waals surface area contributed by atoms with Gasteiger partial charge in [0.1, 0.15) is 12.4 Å². The third kappa shape index (κ3) is 5.88. The van der Waals surface area contributed by atoms with Crippen LogP contribution in [0.5, 0.6) is 5.75 Å². The molecule has 2 saturated heterocycles. The Hall–Kier alpha value is -2.42. The molecule has 2 fully saturated rings. The van der Waals surface area contributed by atoms with Crippen LogP contribution in [-0.4, -0.2) is 50.4 Å². The first-order valence-electron chi connectivity index (χ1n) is 10.9. The number of para-hydroxylation sites is 1. The van der Waals surface area contributed by atoms with Crippen molar-refractivity contribution in [2.24, 2.45) is 0 Å². The second-order valence-electron chi connectivity index (χ2n) is 7.94. The Kier molecular flexibility index (Phi) is 7.78. The number of halogens is 1. The van der Waals surface area contributed by atoms with Crippen molar-refractivity contribution in [1.29, 1.82) is 0 Å². The minimum absolute atomic E-state index is 0.0546. The van der Waals surface area contributed by atoms with E-state index in [1.54, 1.807) is 42.5 Å². The van der Waals surface area contributed by atoms with Gasteiger partial charge < -0.3 is 24.8 Å². The van der Waals surface area contributed by atoms with Crippen LogP contribution in [0, 0.1) is 0 Å². The summed E-state index contributed by atoms with van der Waals surface area (Å²) < 4.78 is 17.6. The first-order valence-corrected chi connectivity index (χ1v) is 11.7. The largest absolute Gasteiger partial charge is 0.490 e. The van der Waals surface area contributed by atoms with Gasteiger partial charge in [0, 0.05) is 25.3 Å². The number of anilines is 1. The fourth-order valence-electron chi connectivity index (χ4n) is 3.81. The van der Waals surface area contributed by atoms with Crippen LogP contribution in [-0.2, 0) is 9.47 Å². The van der Waals surface area contributed by atoms with Gasteiger partial charge >= 0.3 is 0 Å². The summed E-state index contributed by atoms with van der Waals surface area (Å²) in [6, 6.07) is 12.1. The predicted octanol–water partition coefficient (Wildman–Crippen LogP) is 4.17. The standard InChI is InChI=1S/C24H27BrN2O5/c25-20-13-16(9-10-22(20)32-15-18-6-4-12-31-18)23(28)27-21-8-2-1-7-19(21)24(29)26-14-17-5-3-11-30-17/h1-2,7-10,13,17-18H,3-6,11-12,14-15H2,(H,26,29)(H,27,28). The molecule has 0 aliphatic carbocycles. The smallest absolute Gasteiger partial charge is 0.255 e. The highest BCUT2D eigenvalue weighted by Gasteiger charge is 2.20. The summed E-state index contributed by atoms with van der Waals surface area (Å²) in [5.41, 5.74) is 1.32. The Morgan fingerprint density at radius 1 is 1.00 bits per heavy atom. The second kappa shape index (κ2) is 10.9. The van der Waals surface area contributed by atoms with Crippen molar-refractivity contribution < 1.29 is 23.8 Å². The van der Waals surface area contributed by atoms with Crippen molar-refractivity contribution in [3.63, 3.8) is 0 Å².